The maximum Gasteiger partial charge on any atom is 0.253 e. The monoisotopic (exact) mass is 411 g/mol. The van der Waals surface area contributed by atoms with Gasteiger partial charge in [0.2, 0.25) is 5.91 Å². The molecule has 1 aromatic rings. The fourth-order valence-corrected chi connectivity index (χ4v) is 5.97. The third-order valence-corrected chi connectivity index (χ3v) is 7.96. The van der Waals surface area contributed by atoms with Crippen LogP contribution in [0.4, 0.5) is 0 Å². The molecule has 1 unspecified atom stereocenters. The quantitative estimate of drug-likeness (QED) is 0.826. The number of benzene rings is 1. The Bertz CT molecular complexity index is 846. The van der Waals surface area contributed by atoms with E-state index in [4.69, 9.17) is 4.74 Å². The lowest BCUT2D eigenvalue weighted by atomic mass is 9.75. The third kappa shape index (κ3) is 3.29. The largest absolute Gasteiger partial charge is 0.493 e. The van der Waals surface area contributed by atoms with Crippen LogP contribution in [0.5, 0.6) is 5.75 Å². The van der Waals surface area contributed by atoms with Gasteiger partial charge in [-0.05, 0) is 42.5 Å². The van der Waals surface area contributed by atoms with Crippen LogP contribution >= 0.6 is 0 Å². The second kappa shape index (κ2) is 7.56. The van der Waals surface area contributed by atoms with Crippen molar-refractivity contribution in [1.29, 1.82) is 0 Å². The molecular weight excluding hydrogens is 378 g/mol. The van der Waals surface area contributed by atoms with Crippen molar-refractivity contribution in [2.75, 3.05) is 39.3 Å². The maximum atomic E-state index is 13.1. The first-order chi connectivity index (χ1) is 14.5. The van der Waals surface area contributed by atoms with Gasteiger partial charge in [0.15, 0.2) is 0 Å². The Hall–Kier alpha value is -2.08. The van der Waals surface area contributed by atoms with Gasteiger partial charge in [0.05, 0.1) is 12.5 Å². The topological polar surface area (TPSA) is 61.9 Å². The molecule has 0 bridgehead atoms. The molecule has 162 valence electrons. The second-order valence-electron chi connectivity index (χ2n) is 9.80. The summed E-state index contributed by atoms with van der Waals surface area (Å²) in [6.45, 7) is 9.63. The zero-order valence-corrected chi connectivity index (χ0v) is 18.2. The van der Waals surface area contributed by atoms with E-state index in [2.05, 4.69) is 24.1 Å². The summed E-state index contributed by atoms with van der Waals surface area (Å²) in [7, 11) is 0. The number of likely N-dealkylation sites (tertiary alicyclic amines) is 2. The molecule has 1 N–H and O–H groups in total. The van der Waals surface area contributed by atoms with Gasteiger partial charge in [0, 0.05) is 56.2 Å². The number of hydrogen-bond donors (Lipinski definition) is 1. The first kappa shape index (κ1) is 19.9. The molecule has 4 aliphatic rings. The number of hydrogen-bond acceptors (Lipinski definition) is 4. The van der Waals surface area contributed by atoms with Crippen LogP contribution in [-0.4, -0.2) is 66.5 Å². The molecule has 0 radical (unpaired) electrons. The van der Waals surface area contributed by atoms with Crippen LogP contribution < -0.4 is 10.1 Å². The van der Waals surface area contributed by atoms with Crippen LogP contribution in [0.3, 0.4) is 0 Å². The number of nitrogens with zero attached hydrogens (tertiary/aromatic N) is 2. The summed E-state index contributed by atoms with van der Waals surface area (Å²) in [4.78, 5) is 30.3. The number of amides is 2. The average Bonchev–Trinajstić information content (AvgIpc) is 3.45. The molecule has 4 heterocycles. The second-order valence-corrected chi connectivity index (χ2v) is 9.80. The molecular formula is C24H33N3O3. The SMILES string of the molecule is CCC(C)CN1C[C@H]2C(=O)NC3(CCN(C(=O)c4ccc5c(c4)CCO5)CC3)[C@H]2C1. The summed E-state index contributed by atoms with van der Waals surface area (Å²) in [5.74, 6) is 2.40. The average molecular weight is 412 g/mol. The predicted molar refractivity (Wildman–Crippen MR) is 115 cm³/mol. The van der Waals surface area contributed by atoms with Crippen molar-refractivity contribution in [3.8, 4) is 5.75 Å². The lowest BCUT2D eigenvalue weighted by molar-refractivity contribution is -0.123. The smallest absolute Gasteiger partial charge is 0.253 e. The van der Waals surface area contributed by atoms with Crippen molar-refractivity contribution in [3.05, 3.63) is 29.3 Å². The fraction of sp³-hybridized carbons (Fsp3) is 0.667. The molecule has 3 fully saturated rings. The van der Waals surface area contributed by atoms with Gasteiger partial charge in [-0.2, -0.15) is 0 Å². The number of nitrogens with one attached hydrogen (secondary N) is 1. The lowest BCUT2D eigenvalue weighted by Crippen LogP contribution is -2.56. The van der Waals surface area contributed by atoms with Crippen LogP contribution in [0.25, 0.3) is 0 Å². The molecule has 1 aromatic carbocycles. The normalized spacial score (nSPS) is 28.2. The highest BCUT2D eigenvalue weighted by molar-refractivity contribution is 5.95. The van der Waals surface area contributed by atoms with Gasteiger partial charge in [-0.15, -0.1) is 0 Å². The van der Waals surface area contributed by atoms with E-state index in [0.29, 0.717) is 31.5 Å². The summed E-state index contributed by atoms with van der Waals surface area (Å²) in [6.07, 6.45) is 3.77. The molecule has 30 heavy (non-hydrogen) atoms. The zero-order chi connectivity index (χ0) is 20.9. The minimum Gasteiger partial charge on any atom is -0.493 e. The van der Waals surface area contributed by atoms with Crippen LogP contribution in [0.2, 0.25) is 0 Å². The standard InChI is InChI=1S/C24H33N3O3/c1-3-16(2)13-26-14-19-20(15-26)24(25-22(19)28)7-9-27(10-8-24)23(29)18-4-5-21-17(12-18)6-11-30-21/h4-5,12,16,19-20H,3,6-11,13-15H2,1-2H3,(H,25,28)/t16?,19-,20+/m1/s1. The Morgan fingerprint density at radius 3 is 2.87 bits per heavy atom. The minimum atomic E-state index is -0.130. The molecule has 5 rings (SSSR count). The van der Waals surface area contributed by atoms with Crippen LogP contribution in [0, 0.1) is 17.8 Å². The Labute approximate surface area is 178 Å². The Morgan fingerprint density at radius 1 is 1.30 bits per heavy atom. The summed E-state index contributed by atoms with van der Waals surface area (Å²) >= 11 is 0. The fourth-order valence-electron chi connectivity index (χ4n) is 5.97. The highest BCUT2D eigenvalue weighted by Crippen LogP contribution is 2.44. The van der Waals surface area contributed by atoms with Crippen LogP contribution in [0.15, 0.2) is 18.2 Å². The first-order valence-electron chi connectivity index (χ1n) is 11.6. The Morgan fingerprint density at radius 2 is 2.10 bits per heavy atom. The van der Waals surface area contributed by atoms with Crippen molar-refractivity contribution in [1.82, 2.24) is 15.1 Å². The molecule has 1 spiro atoms. The number of fused-ring (bicyclic) bond motifs is 3. The van der Waals surface area contributed by atoms with Crippen molar-refractivity contribution >= 4 is 11.8 Å². The number of ether oxygens (including phenoxy) is 1. The Balaban J connectivity index is 1.25. The lowest BCUT2D eigenvalue weighted by Gasteiger charge is -2.43. The van der Waals surface area contributed by atoms with E-state index in [9.17, 15) is 9.59 Å². The summed E-state index contributed by atoms with van der Waals surface area (Å²) in [5.41, 5.74) is 1.76. The number of rotatable bonds is 4. The molecule has 0 aliphatic carbocycles. The predicted octanol–water partition coefficient (Wildman–Crippen LogP) is 2.32. The number of piperidine rings is 1. The van der Waals surface area contributed by atoms with Gasteiger partial charge in [-0.1, -0.05) is 20.3 Å². The Kier molecular flexibility index (Phi) is 5.00. The van der Waals surface area contributed by atoms with E-state index >= 15 is 0 Å². The van der Waals surface area contributed by atoms with Gasteiger partial charge in [-0.25, -0.2) is 0 Å². The van der Waals surface area contributed by atoms with E-state index < -0.39 is 0 Å². The van der Waals surface area contributed by atoms with Crippen molar-refractivity contribution < 1.29 is 14.3 Å². The van der Waals surface area contributed by atoms with Crippen LogP contribution in [0.1, 0.15) is 49.0 Å². The van der Waals surface area contributed by atoms with E-state index in [0.717, 1.165) is 55.8 Å². The van der Waals surface area contributed by atoms with Gasteiger partial charge >= 0.3 is 0 Å². The van der Waals surface area contributed by atoms with E-state index in [1.54, 1.807) is 0 Å². The van der Waals surface area contributed by atoms with Crippen LogP contribution in [-0.2, 0) is 11.2 Å². The van der Waals surface area contributed by atoms with E-state index in [1.165, 1.54) is 6.42 Å². The van der Waals surface area contributed by atoms with Crippen molar-refractivity contribution in [2.24, 2.45) is 17.8 Å². The molecule has 0 saturated carbocycles. The molecule has 3 atom stereocenters. The summed E-state index contributed by atoms with van der Waals surface area (Å²) in [5, 5.41) is 3.37. The minimum absolute atomic E-state index is 0.102. The number of carbonyl (C=O) groups is 2. The molecule has 6 nitrogen and oxygen atoms in total. The summed E-state index contributed by atoms with van der Waals surface area (Å²) < 4.78 is 5.56. The molecule has 4 aliphatic heterocycles. The van der Waals surface area contributed by atoms with Crippen molar-refractivity contribution in [3.63, 3.8) is 0 Å². The van der Waals surface area contributed by atoms with Gasteiger partial charge < -0.3 is 19.9 Å². The van der Waals surface area contributed by atoms with Gasteiger partial charge in [0.25, 0.3) is 5.91 Å². The first-order valence-corrected chi connectivity index (χ1v) is 11.6. The molecule has 3 saturated heterocycles. The van der Waals surface area contributed by atoms with Crippen molar-refractivity contribution in [2.45, 2.75) is 45.1 Å². The van der Waals surface area contributed by atoms with E-state index in [1.807, 2.05) is 23.1 Å². The molecule has 2 amide bonds. The molecule has 6 heteroatoms. The van der Waals surface area contributed by atoms with E-state index in [-0.39, 0.29) is 23.3 Å². The summed E-state index contributed by atoms with van der Waals surface area (Å²) in [6, 6.07) is 5.80. The highest BCUT2D eigenvalue weighted by atomic mass is 16.5. The third-order valence-electron chi connectivity index (χ3n) is 7.96. The zero-order valence-electron chi connectivity index (χ0n) is 18.2. The maximum absolute atomic E-state index is 13.1. The molecule has 0 aromatic heterocycles. The van der Waals surface area contributed by atoms with Gasteiger partial charge in [-0.3, -0.25) is 9.59 Å². The number of carbonyl (C=O) groups excluding carboxylic acids is 2. The van der Waals surface area contributed by atoms with Gasteiger partial charge in [0.1, 0.15) is 5.75 Å². The highest BCUT2D eigenvalue weighted by Gasteiger charge is 2.57.